The van der Waals surface area contributed by atoms with Gasteiger partial charge in [-0.3, -0.25) is 4.79 Å². The second-order valence-electron chi connectivity index (χ2n) is 4.79. The largest absolute Gasteiger partial charge is 0.352 e. The lowest BCUT2D eigenvalue weighted by molar-refractivity contribution is -0.107. The lowest BCUT2D eigenvalue weighted by Crippen LogP contribution is -2.25. The first-order valence-electron chi connectivity index (χ1n) is 7.03. The topological polar surface area (TPSA) is 46.2 Å². The van der Waals surface area contributed by atoms with Gasteiger partial charge < -0.3 is 10.1 Å². The summed E-state index contributed by atoms with van der Waals surface area (Å²) in [5.74, 6) is 0.0130. The van der Waals surface area contributed by atoms with Gasteiger partial charge in [-0.15, -0.1) is 0 Å². The van der Waals surface area contributed by atoms with Gasteiger partial charge in [-0.2, -0.15) is 0 Å². The molecule has 0 unspecified atom stereocenters. The van der Waals surface area contributed by atoms with Crippen LogP contribution in [0.4, 0.5) is 0 Å². The minimum atomic E-state index is 0.0130. The fourth-order valence-electron chi connectivity index (χ4n) is 2.01. The van der Waals surface area contributed by atoms with Crippen molar-refractivity contribution in [3.63, 3.8) is 0 Å². The van der Waals surface area contributed by atoms with Crippen LogP contribution in [0.15, 0.2) is 24.3 Å². The number of aldehydes is 1. The van der Waals surface area contributed by atoms with Crippen LogP contribution in [0.5, 0.6) is 0 Å². The number of carbonyl (C=O) groups is 2. The van der Waals surface area contributed by atoms with Gasteiger partial charge in [0.05, 0.1) is 0 Å². The Morgan fingerprint density at radius 3 is 2.53 bits per heavy atom. The Morgan fingerprint density at radius 2 is 1.79 bits per heavy atom. The number of rotatable bonds is 9. The van der Waals surface area contributed by atoms with Crippen LogP contribution in [0.25, 0.3) is 0 Å². The van der Waals surface area contributed by atoms with Gasteiger partial charge in [0.2, 0.25) is 0 Å². The molecule has 0 bridgehead atoms. The second kappa shape index (κ2) is 9.31. The van der Waals surface area contributed by atoms with E-state index in [0.717, 1.165) is 56.1 Å². The molecule has 1 N–H and O–H groups in total. The molecule has 104 valence electrons. The van der Waals surface area contributed by atoms with Crippen LogP contribution in [0.1, 0.15) is 54.4 Å². The van der Waals surface area contributed by atoms with Crippen LogP contribution in [0.2, 0.25) is 0 Å². The van der Waals surface area contributed by atoms with Crippen LogP contribution in [-0.4, -0.2) is 18.7 Å². The van der Waals surface area contributed by atoms with Crippen molar-refractivity contribution in [3.8, 4) is 0 Å². The van der Waals surface area contributed by atoms with Crippen molar-refractivity contribution >= 4 is 12.2 Å². The van der Waals surface area contributed by atoms with Gasteiger partial charge >= 0.3 is 0 Å². The molecule has 3 nitrogen and oxygen atoms in total. The number of hydrogen-bond acceptors (Lipinski definition) is 2. The van der Waals surface area contributed by atoms with Crippen molar-refractivity contribution in [3.05, 3.63) is 35.4 Å². The highest BCUT2D eigenvalue weighted by Crippen LogP contribution is 2.07. The van der Waals surface area contributed by atoms with Gasteiger partial charge in [0, 0.05) is 18.5 Å². The zero-order valence-corrected chi connectivity index (χ0v) is 11.7. The average molecular weight is 261 g/mol. The predicted molar refractivity (Wildman–Crippen MR) is 77.3 cm³/mol. The molecule has 0 aliphatic rings. The molecule has 1 rings (SSSR count). The molecular weight excluding hydrogens is 238 g/mol. The minimum absolute atomic E-state index is 0.0130. The van der Waals surface area contributed by atoms with E-state index in [0.29, 0.717) is 6.42 Å². The van der Waals surface area contributed by atoms with Crippen molar-refractivity contribution < 1.29 is 9.59 Å². The summed E-state index contributed by atoms with van der Waals surface area (Å²) in [6, 6.07) is 7.62. The van der Waals surface area contributed by atoms with Gasteiger partial charge in [0.25, 0.3) is 5.91 Å². The summed E-state index contributed by atoms with van der Waals surface area (Å²) in [6.07, 6.45) is 6.97. The molecule has 19 heavy (non-hydrogen) atoms. The fraction of sp³-hybridized carbons (Fsp3) is 0.500. The first-order chi connectivity index (χ1) is 9.25. The van der Waals surface area contributed by atoms with E-state index in [9.17, 15) is 9.59 Å². The van der Waals surface area contributed by atoms with Gasteiger partial charge in [0.15, 0.2) is 0 Å². The number of hydrogen-bond donors (Lipinski definition) is 1. The van der Waals surface area contributed by atoms with Crippen molar-refractivity contribution in [2.45, 2.75) is 45.4 Å². The Morgan fingerprint density at radius 1 is 1.11 bits per heavy atom. The lowest BCUT2D eigenvalue weighted by atomic mass is 10.1. The summed E-state index contributed by atoms with van der Waals surface area (Å²) in [6.45, 7) is 2.67. The maximum absolute atomic E-state index is 11.9. The molecule has 0 heterocycles. The van der Waals surface area contributed by atoms with E-state index >= 15 is 0 Å². The van der Waals surface area contributed by atoms with E-state index in [1.807, 2.05) is 31.2 Å². The highest BCUT2D eigenvalue weighted by molar-refractivity contribution is 5.95. The highest BCUT2D eigenvalue weighted by atomic mass is 16.1. The highest BCUT2D eigenvalue weighted by Gasteiger charge is 2.06. The summed E-state index contributed by atoms with van der Waals surface area (Å²) in [5, 5.41) is 2.95. The van der Waals surface area contributed by atoms with Crippen molar-refractivity contribution in [2.75, 3.05) is 6.54 Å². The molecular formula is C16H23NO2. The van der Waals surface area contributed by atoms with E-state index in [1.165, 1.54) is 0 Å². The molecule has 1 amide bonds. The summed E-state index contributed by atoms with van der Waals surface area (Å²) < 4.78 is 0. The molecule has 0 aromatic heterocycles. The summed E-state index contributed by atoms with van der Waals surface area (Å²) >= 11 is 0. The Kier molecular flexibility index (Phi) is 7.56. The monoisotopic (exact) mass is 261 g/mol. The van der Waals surface area contributed by atoms with E-state index in [1.54, 1.807) is 0 Å². The normalized spacial score (nSPS) is 10.2. The van der Waals surface area contributed by atoms with Crippen LogP contribution >= 0.6 is 0 Å². The Hall–Kier alpha value is -1.64. The standard InChI is InChI=1S/C16H23NO2/c1-14-10-6-7-11-15(14)16(19)17-12-8-4-2-3-5-9-13-18/h6-7,10-11,13H,2-5,8-9,12H2,1H3,(H,17,19). The van der Waals surface area contributed by atoms with Crippen LogP contribution in [-0.2, 0) is 4.79 Å². The van der Waals surface area contributed by atoms with E-state index < -0.39 is 0 Å². The maximum atomic E-state index is 11.9. The lowest BCUT2D eigenvalue weighted by Gasteiger charge is -2.07. The van der Waals surface area contributed by atoms with Gasteiger partial charge in [0.1, 0.15) is 6.29 Å². The first kappa shape index (κ1) is 15.4. The average Bonchev–Trinajstić information content (AvgIpc) is 2.42. The molecule has 0 fully saturated rings. The number of benzene rings is 1. The molecule has 0 saturated heterocycles. The number of amides is 1. The Labute approximate surface area is 115 Å². The third kappa shape index (κ3) is 6.18. The third-order valence-corrected chi connectivity index (χ3v) is 3.17. The molecule has 0 aliphatic heterocycles. The molecule has 0 saturated carbocycles. The smallest absolute Gasteiger partial charge is 0.251 e. The van der Waals surface area contributed by atoms with Crippen LogP contribution in [0.3, 0.4) is 0 Å². The van der Waals surface area contributed by atoms with E-state index in [-0.39, 0.29) is 5.91 Å². The summed E-state index contributed by atoms with van der Waals surface area (Å²) in [4.78, 5) is 22.0. The zero-order valence-electron chi connectivity index (χ0n) is 11.7. The molecule has 1 aromatic carbocycles. The van der Waals surface area contributed by atoms with Crippen LogP contribution < -0.4 is 5.32 Å². The molecule has 0 aliphatic carbocycles. The molecule has 0 spiro atoms. The van der Waals surface area contributed by atoms with Gasteiger partial charge in [-0.1, -0.05) is 37.5 Å². The zero-order chi connectivity index (χ0) is 13.9. The predicted octanol–water partition coefficient (Wildman–Crippen LogP) is 3.26. The first-order valence-corrected chi connectivity index (χ1v) is 7.03. The fourth-order valence-corrected chi connectivity index (χ4v) is 2.01. The number of carbonyl (C=O) groups excluding carboxylic acids is 2. The summed E-state index contributed by atoms with van der Waals surface area (Å²) in [5.41, 5.74) is 1.77. The minimum Gasteiger partial charge on any atom is -0.352 e. The summed E-state index contributed by atoms with van der Waals surface area (Å²) in [7, 11) is 0. The van der Waals surface area contributed by atoms with Crippen molar-refractivity contribution in [1.82, 2.24) is 5.32 Å². The molecule has 1 aromatic rings. The molecule has 3 heteroatoms. The molecule has 0 radical (unpaired) electrons. The van der Waals surface area contributed by atoms with E-state index in [2.05, 4.69) is 5.32 Å². The SMILES string of the molecule is Cc1ccccc1C(=O)NCCCCCCCC=O. The molecule has 0 atom stereocenters. The van der Waals surface area contributed by atoms with Gasteiger partial charge in [-0.05, 0) is 31.4 Å². The van der Waals surface area contributed by atoms with Crippen molar-refractivity contribution in [1.29, 1.82) is 0 Å². The van der Waals surface area contributed by atoms with Crippen LogP contribution in [0, 0.1) is 6.92 Å². The van der Waals surface area contributed by atoms with Crippen molar-refractivity contribution in [2.24, 2.45) is 0 Å². The maximum Gasteiger partial charge on any atom is 0.251 e. The van der Waals surface area contributed by atoms with E-state index in [4.69, 9.17) is 0 Å². The Bertz CT molecular complexity index is 401. The van der Waals surface area contributed by atoms with Gasteiger partial charge in [-0.25, -0.2) is 0 Å². The quantitative estimate of drug-likeness (QED) is 0.548. The number of aryl methyl sites for hydroxylation is 1. The third-order valence-electron chi connectivity index (χ3n) is 3.17. The second-order valence-corrected chi connectivity index (χ2v) is 4.79. The number of unbranched alkanes of at least 4 members (excludes halogenated alkanes) is 5. The Balaban J connectivity index is 2.11. The number of nitrogens with one attached hydrogen (secondary N) is 1.